The monoisotopic (exact) mass is 348 g/mol. The highest BCUT2D eigenvalue weighted by Crippen LogP contribution is 2.34. The Hall–Kier alpha value is -2.13. The van der Waals surface area contributed by atoms with Crippen molar-refractivity contribution in [1.29, 1.82) is 0 Å². The summed E-state index contributed by atoms with van der Waals surface area (Å²) < 4.78 is 0. The fourth-order valence-corrected chi connectivity index (χ4v) is 4.07. The summed E-state index contributed by atoms with van der Waals surface area (Å²) in [7, 11) is 0. The fraction of sp³-hybridized carbons (Fsp3) is 0.435. The molecule has 1 saturated heterocycles. The number of nitrogens with zero attached hydrogens (tertiary/aromatic N) is 2. The quantitative estimate of drug-likeness (QED) is 0.835. The van der Waals surface area contributed by atoms with Crippen molar-refractivity contribution >= 4 is 5.91 Å². The van der Waals surface area contributed by atoms with Crippen molar-refractivity contribution in [2.24, 2.45) is 5.92 Å². The van der Waals surface area contributed by atoms with Crippen LogP contribution in [0.1, 0.15) is 41.1 Å². The van der Waals surface area contributed by atoms with E-state index in [4.69, 9.17) is 0 Å². The smallest absolute Gasteiger partial charge is 0.225 e. The van der Waals surface area contributed by atoms with Gasteiger partial charge in [0, 0.05) is 32.1 Å². The van der Waals surface area contributed by atoms with Crippen LogP contribution in [-0.2, 0) is 4.79 Å². The third-order valence-corrected chi connectivity index (χ3v) is 5.76. The summed E-state index contributed by atoms with van der Waals surface area (Å²) in [5.41, 5.74) is 5.36. The second kappa shape index (κ2) is 7.24. The zero-order chi connectivity index (χ0) is 18.1. The third kappa shape index (κ3) is 3.54. The molecule has 2 aromatic rings. The molecular formula is C23H28N2O. The van der Waals surface area contributed by atoms with Gasteiger partial charge >= 0.3 is 0 Å². The Bertz CT molecular complexity index is 774. The van der Waals surface area contributed by atoms with Gasteiger partial charge in [-0.1, -0.05) is 54.1 Å². The maximum atomic E-state index is 12.4. The summed E-state index contributed by atoms with van der Waals surface area (Å²) in [4.78, 5) is 17.0. The maximum Gasteiger partial charge on any atom is 0.225 e. The Kier molecular flexibility index (Phi) is 4.82. The number of benzene rings is 2. The zero-order valence-electron chi connectivity index (χ0n) is 15.8. The minimum Gasteiger partial charge on any atom is -0.340 e. The SMILES string of the molecule is Cc1ccc(C)c([C@H](c2ccccc2)N2CCN(C(=O)C3CC3)CC2)c1. The van der Waals surface area contributed by atoms with Crippen LogP contribution in [0.2, 0.25) is 0 Å². The molecule has 2 fully saturated rings. The summed E-state index contributed by atoms with van der Waals surface area (Å²) in [5, 5.41) is 0. The number of carbonyl (C=O) groups excluding carboxylic acids is 1. The van der Waals surface area contributed by atoms with Gasteiger partial charge in [-0.05, 0) is 43.4 Å². The number of piperazine rings is 1. The molecule has 0 N–H and O–H groups in total. The highest BCUT2D eigenvalue weighted by Gasteiger charge is 2.36. The number of amides is 1. The second-order valence-electron chi connectivity index (χ2n) is 7.81. The van der Waals surface area contributed by atoms with Crippen LogP contribution in [0.25, 0.3) is 0 Å². The van der Waals surface area contributed by atoms with Gasteiger partial charge < -0.3 is 4.90 Å². The fourth-order valence-electron chi connectivity index (χ4n) is 4.07. The second-order valence-corrected chi connectivity index (χ2v) is 7.81. The van der Waals surface area contributed by atoms with E-state index < -0.39 is 0 Å². The number of aryl methyl sites for hydroxylation is 2. The Morgan fingerprint density at radius 1 is 0.962 bits per heavy atom. The number of hydrogen-bond donors (Lipinski definition) is 0. The summed E-state index contributed by atoms with van der Waals surface area (Å²) >= 11 is 0. The van der Waals surface area contributed by atoms with Gasteiger partial charge in [0.15, 0.2) is 0 Å². The maximum absolute atomic E-state index is 12.4. The molecule has 0 bridgehead atoms. The Morgan fingerprint density at radius 2 is 1.65 bits per heavy atom. The van der Waals surface area contributed by atoms with Crippen molar-refractivity contribution in [1.82, 2.24) is 9.80 Å². The topological polar surface area (TPSA) is 23.6 Å². The van der Waals surface area contributed by atoms with E-state index in [1.54, 1.807) is 0 Å². The molecular weight excluding hydrogens is 320 g/mol. The Labute approximate surface area is 156 Å². The van der Waals surface area contributed by atoms with Crippen LogP contribution < -0.4 is 0 Å². The molecule has 0 radical (unpaired) electrons. The molecule has 1 amide bonds. The van der Waals surface area contributed by atoms with Crippen LogP contribution in [0.15, 0.2) is 48.5 Å². The first-order valence-corrected chi connectivity index (χ1v) is 9.78. The van der Waals surface area contributed by atoms with E-state index in [0.29, 0.717) is 11.8 Å². The van der Waals surface area contributed by atoms with Crippen LogP contribution in [0.5, 0.6) is 0 Å². The molecule has 3 heteroatoms. The van der Waals surface area contributed by atoms with E-state index in [2.05, 4.69) is 72.2 Å². The summed E-state index contributed by atoms with van der Waals surface area (Å²) in [6.45, 7) is 7.94. The summed E-state index contributed by atoms with van der Waals surface area (Å²) in [6.07, 6.45) is 2.18. The molecule has 0 spiro atoms. The molecule has 1 heterocycles. The predicted octanol–water partition coefficient (Wildman–Crippen LogP) is 3.95. The molecule has 2 aromatic carbocycles. The van der Waals surface area contributed by atoms with Crippen molar-refractivity contribution < 1.29 is 4.79 Å². The molecule has 0 aromatic heterocycles. The van der Waals surface area contributed by atoms with Crippen molar-refractivity contribution in [2.45, 2.75) is 32.7 Å². The first-order valence-electron chi connectivity index (χ1n) is 9.78. The van der Waals surface area contributed by atoms with Gasteiger partial charge in [0.05, 0.1) is 6.04 Å². The average molecular weight is 348 g/mol. The van der Waals surface area contributed by atoms with E-state index in [0.717, 1.165) is 39.0 Å². The Morgan fingerprint density at radius 3 is 2.31 bits per heavy atom. The molecule has 4 rings (SSSR count). The molecule has 1 aliphatic heterocycles. The van der Waals surface area contributed by atoms with Crippen LogP contribution >= 0.6 is 0 Å². The van der Waals surface area contributed by atoms with E-state index in [9.17, 15) is 4.79 Å². The molecule has 136 valence electrons. The molecule has 26 heavy (non-hydrogen) atoms. The first kappa shape index (κ1) is 17.3. The van der Waals surface area contributed by atoms with Crippen molar-refractivity contribution in [2.75, 3.05) is 26.2 Å². The lowest BCUT2D eigenvalue weighted by atomic mass is 9.92. The van der Waals surface area contributed by atoms with Crippen LogP contribution in [0.4, 0.5) is 0 Å². The van der Waals surface area contributed by atoms with E-state index >= 15 is 0 Å². The van der Waals surface area contributed by atoms with Gasteiger partial charge in [-0.3, -0.25) is 9.69 Å². The minimum absolute atomic E-state index is 0.259. The average Bonchev–Trinajstić information content (AvgIpc) is 3.51. The van der Waals surface area contributed by atoms with Gasteiger partial charge in [0.25, 0.3) is 0 Å². The number of rotatable bonds is 4. The lowest BCUT2D eigenvalue weighted by Crippen LogP contribution is -2.50. The number of hydrogen-bond acceptors (Lipinski definition) is 2. The minimum atomic E-state index is 0.259. The molecule has 1 saturated carbocycles. The third-order valence-electron chi connectivity index (χ3n) is 5.76. The Balaban J connectivity index is 1.60. The molecule has 2 aliphatic rings. The van der Waals surface area contributed by atoms with Crippen molar-refractivity contribution in [3.05, 3.63) is 70.8 Å². The first-order chi connectivity index (χ1) is 12.6. The van der Waals surface area contributed by atoms with Gasteiger partial charge in [0.1, 0.15) is 0 Å². The molecule has 3 nitrogen and oxygen atoms in total. The van der Waals surface area contributed by atoms with E-state index in [-0.39, 0.29) is 6.04 Å². The molecule has 0 unspecified atom stereocenters. The van der Waals surface area contributed by atoms with Gasteiger partial charge in [0.2, 0.25) is 5.91 Å². The van der Waals surface area contributed by atoms with Gasteiger partial charge in [-0.15, -0.1) is 0 Å². The highest BCUT2D eigenvalue weighted by molar-refractivity contribution is 5.81. The van der Waals surface area contributed by atoms with E-state index in [1.165, 1.54) is 22.3 Å². The normalized spacial score (nSPS) is 19.4. The van der Waals surface area contributed by atoms with Crippen LogP contribution in [-0.4, -0.2) is 41.9 Å². The summed E-state index contributed by atoms with van der Waals surface area (Å²) in [6, 6.07) is 17.8. The zero-order valence-corrected chi connectivity index (χ0v) is 15.8. The van der Waals surface area contributed by atoms with Crippen molar-refractivity contribution in [3.63, 3.8) is 0 Å². The number of carbonyl (C=O) groups is 1. The summed E-state index contributed by atoms with van der Waals surface area (Å²) in [5.74, 6) is 0.707. The lowest BCUT2D eigenvalue weighted by molar-refractivity contribution is -0.134. The highest BCUT2D eigenvalue weighted by atomic mass is 16.2. The molecule has 1 atom stereocenters. The lowest BCUT2D eigenvalue weighted by Gasteiger charge is -2.40. The van der Waals surface area contributed by atoms with E-state index in [1.807, 2.05) is 0 Å². The molecule has 1 aliphatic carbocycles. The van der Waals surface area contributed by atoms with Crippen molar-refractivity contribution in [3.8, 4) is 0 Å². The predicted molar refractivity (Wildman–Crippen MR) is 105 cm³/mol. The largest absolute Gasteiger partial charge is 0.340 e. The van der Waals surface area contributed by atoms with Gasteiger partial charge in [-0.25, -0.2) is 0 Å². The van der Waals surface area contributed by atoms with Crippen LogP contribution in [0.3, 0.4) is 0 Å². The standard InChI is InChI=1S/C23H28N2O/c1-17-8-9-18(2)21(16-17)22(19-6-4-3-5-7-19)24-12-14-25(15-13-24)23(26)20-10-11-20/h3-9,16,20,22H,10-15H2,1-2H3/t22-/m0/s1. The van der Waals surface area contributed by atoms with Gasteiger partial charge in [-0.2, -0.15) is 0 Å². The van der Waals surface area contributed by atoms with Crippen LogP contribution in [0, 0.1) is 19.8 Å².